The summed E-state index contributed by atoms with van der Waals surface area (Å²) in [7, 11) is 0. The van der Waals surface area contributed by atoms with Gasteiger partial charge in [-0.05, 0) is 134 Å². The average molecular weight is 863 g/mol. The van der Waals surface area contributed by atoms with Crippen LogP contribution < -0.4 is 11.5 Å². The summed E-state index contributed by atoms with van der Waals surface area (Å²) in [5.41, 5.74) is 22.7. The Morgan fingerprint density at radius 2 is 0.938 bits per heavy atom. The molecule has 11 heteroatoms. The molecule has 2 aliphatic heterocycles. The van der Waals surface area contributed by atoms with Gasteiger partial charge in [0.1, 0.15) is 23.3 Å². The number of carbonyl (C=O) groups is 1. The molecular weight excluding hydrogens is 803 g/mol. The number of nitrogens with two attached hydrogens (primary N) is 2. The van der Waals surface area contributed by atoms with E-state index in [4.69, 9.17) is 11.5 Å². The summed E-state index contributed by atoms with van der Waals surface area (Å²) in [4.78, 5) is 33.9. The molecule has 2 fully saturated rings. The molecular formula is C53H60F2N8O. The zero-order chi connectivity index (χ0) is 44.6. The molecule has 9 nitrogen and oxygen atoms in total. The van der Waals surface area contributed by atoms with Gasteiger partial charge in [-0.25, -0.2) is 18.7 Å². The van der Waals surface area contributed by atoms with Gasteiger partial charge in [0.15, 0.2) is 5.78 Å². The number of hydrogen-bond donors (Lipinski definition) is 2. The van der Waals surface area contributed by atoms with Gasteiger partial charge < -0.3 is 21.3 Å². The fourth-order valence-electron chi connectivity index (χ4n) is 9.38. The van der Waals surface area contributed by atoms with Crippen molar-refractivity contribution in [1.29, 1.82) is 0 Å². The molecule has 2 aromatic heterocycles. The van der Waals surface area contributed by atoms with Crippen LogP contribution in [0.1, 0.15) is 33.4 Å². The molecule has 2 atom stereocenters. The van der Waals surface area contributed by atoms with Crippen molar-refractivity contribution in [2.45, 2.75) is 51.6 Å². The summed E-state index contributed by atoms with van der Waals surface area (Å²) in [6.07, 6.45) is 2.85. The Kier molecular flexibility index (Phi) is 14.5. The summed E-state index contributed by atoms with van der Waals surface area (Å²) in [5.74, 6) is 0.611. The maximum atomic E-state index is 15.3. The number of benzene rings is 4. The third kappa shape index (κ3) is 11.4. The Morgan fingerprint density at radius 3 is 1.30 bits per heavy atom. The number of anilines is 2. The van der Waals surface area contributed by atoms with E-state index in [-0.39, 0.29) is 29.5 Å². The minimum atomic E-state index is -0.389. The van der Waals surface area contributed by atoms with Crippen LogP contribution in [0.15, 0.2) is 121 Å². The van der Waals surface area contributed by atoms with Crippen molar-refractivity contribution >= 4 is 17.4 Å². The number of aryl methyl sites for hydroxylation is 2. The molecule has 0 bridgehead atoms. The van der Waals surface area contributed by atoms with Crippen LogP contribution >= 0.6 is 0 Å². The monoisotopic (exact) mass is 862 g/mol. The zero-order valence-corrected chi connectivity index (χ0v) is 37.1. The first-order chi connectivity index (χ1) is 31.0. The van der Waals surface area contributed by atoms with Gasteiger partial charge in [0, 0.05) is 76.6 Å². The normalized spacial score (nSPS) is 16.4. The van der Waals surface area contributed by atoms with E-state index in [1.807, 2.05) is 24.3 Å². The first kappa shape index (κ1) is 44.7. The average Bonchev–Trinajstić information content (AvgIpc) is 3.30. The van der Waals surface area contributed by atoms with Crippen LogP contribution in [0.2, 0.25) is 0 Å². The van der Waals surface area contributed by atoms with Crippen LogP contribution in [0.25, 0.3) is 22.5 Å². The molecule has 4 N–H and O–H groups in total. The van der Waals surface area contributed by atoms with E-state index >= 15 is 4.79 Å². The highest BCUT2D eigenvalue weighted by Gasteiger charge is 2.37. The van der Waals surface area contributed by atoms with Crippen LogP contribution in [0.5, 0.6) is 0 Å². The second kappa shape index (κ2) is 20.8. The van der Waals surface area contributed by atoms with Crippen LogP contribution in [0, 0.1) is 25.5 Å². The van der Waals surface area contributed by atoms with Gasteiger partial charge >= 0.3 is 0 Å². The summed E-state index contributed by atoms with van der Waals surface area (Å²) in [6.45, 7) is 12.5. The second-order valence-electron chi connectivity index (χ2n) is 17.5. The zero-order valence-electron chi connectivity index (χ0n) is 37.1. The molecule has 4 aromatic carbocycles. The predicted molar refractivity (Wildman–Crippen MR) is 254 cm³/mol. The number of ketones is 1. The maximum Gasteiger partial charge on any atom is 0.167 e. The fraction of sp³-hybridized carbons (Fsp3) is 0.340. The lowest BCUT2D eigenvalue weighted by molar-refractivity contribution is -0.131. The van der Waals surface area contributed by atoms with E-state index in [0.717, 1.165) is 112 Å². The van der Waals surface area contributed by atoms with E-state index in [0.29, 0.717) is 24.5 Å². The maximum absolute atomic E-state index is 15.3. The van der Waals surface area contributed by atoms with Crippen molar-refractivity contribution in [2.75, 3.05) is 76.9 Å². The van der Waals surface area contributed by atoms with Crippen molar-refractivity contribution in [3.63, 3.8) is 0 Å². The van der Waals surface area contributed by atoms with Crippen LogP contribution in [-0.4, -0.2) is 113 Å². The van der Waals surface area contributed by atoms with Crippen LogP contribution in [-0.2, 0) is 30.5 Å². The van der Waals surface area contributed by atoms with Crippen LogP contribution in [0.3, 0.4) is 0 Å². The number of pyridine rings is 2. The smallest absolute Gasteiger partial charge is 0.167 e. The third-order valence-electron chi connectivity index (χ3n) is 13.2. The highest BCUT2D eigenvalue weighted by atomic mass is 19.1. The number of piperazine rings is 2. The second-order valence-corrected chi connectivity index (χ2v) is 17.5. The molecule has 0 saturated carbocycles. The topological polar surface area (TPSA) is 108 Å². The number of hydrogen-bond acceptors (Lipinski definition) is 9. The van der Waals surface area contributed by atoms with E-state index in [1.54, 1.807) is 36.4 Å². The van der Waals surface area contributed by atoms with Gasteiger partial charge in [-0.15, -0.1) is 0 Å². The highest BCUT2D eigenvalue weighted by Crippen LogP contribution is 2.26. The Labute approximate surface area is 376 Å². The molecule has 332 valence electrons. The number of rotatable bonds is 16. The highest BCUT2D eigenvalue weighted by molar-refractivity contribution is 5.89. The van der Waals surface area contributed by atoms with Gasteiger partial charge in [0.25, 0.3) is 0 Å². The standard InChI is InChI=1S/C53H60F2N8O/c1-37-33-43(47-5-3-7-51(56)58-47)15-13-41(37)21-23-60-25-29-62(30-26-60)49(35-39-9-17-45(54)18-10-39)53(64)50(36-40-11-19-46(55)20-12-40)63-31-27-61(28-32-63)24-22-42-14-16-44(34-38(42)2)48-6-4-8-52(57)59-48/h3-20,33-34,49-50H,21-32,35-36H2,1-2H3,(H2,56,58)(H2,57,59). The quantitative estimate of drug-likeness (QED) is 0.101. The number of carbonyl (C=O) groups excluding carboxylic acids is 1. The van der Waals surface area contributed by atoms with Crippen LogP contribution in [0.4, 0.5) is 20.4 Å². The molecule has 6 aromatic rings. The Morgan fingerprint density at radius 1 is 0.547 bits per heavy atom. The van der Waals surface area contributed by atoms with Gasteiger partial charge in [-0.2, -0.15) is 0 Å². The lowest BCUT2D eigenvalue weighted by Crippen LogP contribution is -2.60. The Bertz CT molecular complexity index is 2330. The summed E-state index contributed by atoms with van der Waals surface area (Å²) >= 11 is 0. The number of nitrogen functional groups attached to an aromatic ring is 2. The van der Waals surface area contributed by atoms with Crippen molar-refractivity contribution in [2.24, 2.45) is 0 Å². The third-order valence-corrected chi connectivity index (χ3v) is 13.2. The van der Waals surface area contributed by atoms with E-state index in [9.17, 15) is 8.78 Å². The van der Waals surface area contributed by atoms with Gasteiger partial charge in [-0.1, -0.05) is 60.7 Å². The first-order valence-corrected chi connectivity index (χ1v) is 22.6. The molecule has 0 aliphatic carbocycles. The Balaban J connectivity index is 0.930. The molecule has 0 spiro atoms. The minimum Gasteiger partial charge on any atom is -0.384 e. The molecule has 4 heterocycles. The van der Waals surface area contributed by atoms with Gasteiger partial charge in [-0.3, -0.25) is 14.6 Å². The molecule has 0 radical (unpaired) electrons. The molecule has 2 unspecified atom stereocenters. The lowest BCUT2D eigenvalue weighted by Gasteiger charge is -2.43. The summed E-state index contributed by atoms with van der Waals surface area (Å²) in [6, 6.07) is 36.8. The summed E-state index contributed by atoms with van der Waals surface area (Å²) < 4.78 is 28.2. The molecule has 0 amide bonds. The number of aromatic nitrogens is 2. The number of Topliss-reactive ketones (excluding diaryl/α,β-unsaturated/α-hetero) is 1. The summed E-state index contributed by atoms with van der Waals surface area (Å²) in [5, 5.41) is 0. The SMILES string of the molecule is Cc1cc(-c2cccc(N)n2)ccc1CCN1CCN(C(Cc2ccc(F)cc2)C(=O)C(Cc2ccc(F)cc2)N2CCN(CCc3ccc(-c4cccc(N)n4)cc3C)CC2)CC1. The Hall–Kier alpha value is -5.85. The van der Waals surface area contributed by atoms with E-state index < -0.39 is 0 Å². The van der Waals surface area contributed by atoms with Crippen molar-refractivity contribution in [3.8, 4) is 22.5 Å². The van der Waals surface area contributed by atoms with Crippen molar-refractivity contribution in [1.82, 2.24) is 29.6 Å². The predicted octanol–water partition coefficient (Wildman–Crippen LogP) is 7.68. The first-order valence-electron chi connectivity index (χ1n) is 22.6. The molecule has 2 aliphatic rings. The van der Waals surface area contributed by atoms with E-state index in [1.165, 1.54) is 46.5 Å². The number of halogens is 2. The van der Waals surface area contributed by atoms with Gasteiger partial charge in [0.2, 0.25) is 0 Å². The molecule has 2 saturated heterocycles. The van der Waals surface area contributed by atoms with E-state index in [2.05, 4.69) is 79.8 Å². The molecule has 64 heavy (non-hydrogen) atoms. The number of nitrogens with zero attached hydrogens (tertiary/aromatic N) is 6. The van der Waals surface area contributed by atoms with Crippen molar-refractivity contribution in [3.05, 3.63) is 166 Å². The van der Waals surface area contributed by atoms with Gasteiger partial charge in [0.05, 0.1) is 23.5 Å². The minimum absolute atomic E-state index is 0.173. The van der Waals surface area contributed by atoms with Crippen molar-refractivity contribution < 1.29 is 13.6 Å². The fourth-order valence-corrected chi connectivity index (χ4v) is 9.38. The molecule has 8 rings (SSSR count). The lowest BCUT2D eigenvalue weighted by atomic mass is 9.91. The largest absolute Gasteiger partial charge is 0.384 e.